The highest BCUT2D eigenvalue weighted by atomic mass is 32.2. The SMILES string of the molecule is CCNc1sc(S(=O)(=O)Nc2cncnc2)cc1[N+](=O)[O-]. The lowest BCUT2D eigenvalue weighted by atomic mass is 10.5. The predicted octanol–water partition coefficient (Wildman–Crippen LogP) is 1.68. The summed E-state index contributed by atoms with van der Waals surface area (Å²) in [5.41, 5.74) is -0.0925. The van der Waals surface area contributed by atoms with Gasteiger partial charge < -0.3 is 5.32 Å². The Hall–Kier alpha value is -2.27. The zero-order valence-corrected chi connectivity index (χ0v) is 12.4. The number of nitro groups is 1. The molecule has 0 aliphatic rings. The van der Waals surface area contributed by atoms with Gasteiger partial charge in [0.05, 0.1) is 23.0 Å². The maximum Gasteiger partial charge on any atom is 0.304 e. The highest BCUT2D eigenvalue weighted by Crippen LogP contribution is 2.37. The van der Waals surface area contributed by atoms with Gasteiger partial charge in [-0.05, 0) is 6.92 Å². The van der Waals surface area contributed by atoms with E-state index in [-0.39, 0.29) is 20.6 Å². The third kappa shape index (κ3) is 3.44. The van der Waals surface area contributed by atoms with Crippen LogP contribution in [-0.4, -0.2) is 29.9 Å². The average Bonchev–Trinajstić information content (AvgIpc) is 2.85. The van der Waals surface area contributed by atoms with Crippen molar-refractivity contribution >= 4 is 37.7 Å². The molecule has 0 amide bonds. The fourth-order valence-electron chi connectivity index (χ4n) is 1.47. The molecule has 2 heterocycles. The summed E-state index contributed by atoms with van der Waals surface area (Å²) in [6, 6.07) is 1.02. The van der Waals surface area contributed by atoms with Crippen molar-refractivity contribution in [2.45, 2.75) is 11.1 Å². The summed E-state index contributed by atoms with van der Waals surface area (Å²) < 4.78 is 26.5. The quantitative estimate of drug-likeness (QED) is 0.609. The summed E-state index contributed by atoms with van der Waals surface area (Å²) in [6.07, 6.45) is 3.84. The molecule has 0 spiro atoms. The van der Waals surface area contributed by atoms with Crippen molar-refractivity contribution in [1.82, 2.24) is 9.97 Å². The van der Waals surface area contributed by atoms with Crippen molar-refractivity contribution < 1.29 is 13.3 Å². The Balaban J connectivity index is 2.36. The minimum Gasteiger partial charge on any atom is -0.372 e. The normalized spacial score (nSPS) is 11.1. The van der Waals surface area contributed by atoms with E-state index >= 15 is 0 Å². The molecule has 0 saturated heterocycles. The minimum absolute atomic E-state index is 0.158. The van der Waals surface area contributed by atoms with Crippen LogP contribution in [0.25, 0.3) is 0 Å². The molecule has 2 N–H and O–H groups in total. The number of aromatic nitrogens is 2. The largest absolute Gasteiger partial charge is 0.372 e. The Morgan fingerprint density at radius 2 is 2.05 bits per heavy atom. The van der Waals surface area contributed by atoms with Crippen LogP contribution >= 0.6 is 11.3 Å². The van der Waals surface area contributed by atoms with Gasteiger partial charge in [-0.15, -0.1) is 0 Å². The van der Waals surface area contributed by atoms with Gasteiger partial charge in [-0.1, -0.05) is 11.3 Å². The molecule has 0 aromatic carbocycles. The van der Waals surface area contributed by atoms with Gasteiger partial charge in [0, 0.05) is 12.6 Å². The first-order valence-electron chi connectivity index (χ1n) is 5.74. The van der Waals surface area contributed by atoms with E-state index in [2.05, 4.69) is 20.0 Å². The number of hydrogen-bond donors (Lipinski definition) is 2. The third-order valence-corrected chi connectivity index (χ3v) is 5.24. The van der Waals surface area contributed by atoms with E-state index in [1.807, 2.05) is 0 Å². The Morgan fingerprint density at radius 1 is 1.38 bits per heavy atom. The molecule has 0 fully saturated rings. The summed E-state index contributed by atoms with van der Waals surface area (Å²) in [7, 11) is -3.92. The summed E-state index contributed by atoms with van der Waals surface area (Å²) in [4.78, 5) is 17.7. The summed E-state index contributed by atoms with van der Waals surface area (Å²) in [5, 5.41) is 13.9. The highest BCUT2D eigenvalue weighted by Gasteiger charge is 2.26. The lowest BCUT2D eigenvalue weighted by Gasteiger charge is -2.04. The van der Waals surface area contributed by atoms with Gasteiger partial charge in [0.1, 0.15) is 10.5 Å². The van der Waals surface area contributed by atoms with Crippen molar-refractivity contribution in [1.29, 1.82) is 0 Å². The minimum atomic E-state index is -3.92. The summed E-state index contributed by atoms with van der Waals surface area (Å²) >= 11 is 0.795. The second kappa shape index (κ2) is 6.01. The number of rotatable bonds is 6. The van der Waals surface area contributed by atoms with Crippen LogP contribution in [0.2, 0.25) is 0 Å². The fourth-order valence-corrected chi connectivity index (χ4v) is 3.90. The molecule has 0 aliphatic heterocycles. The van der Waals surface area contributed by atoms with Crippen LogP contribution in [0.3, 0.4) is 0 Å². The van der Waals surface area contributed by atoms with Crippen LogP contribution in [0.15, 0.2) is 29.0 Å². The van der Waals surface area contributed by atoms with E-state index in [9.17, 15) is 18.5 Å². The Kier molecular flexibility index (Phi) is 4.33. The Morgan fingerprint density at radius 3 is 2.62 bits per heavy atom. The number of thiophene rings is 1. The standard InChI is InChI=1S/C10H11N5O4S2/c1-2-13-10-8(15(16)17)3-9(20-10)21(18,19)14-7-4-11-6-12-5-7/h3-6,13-14H,2H2,1H3. The molecule has 2 aromatic heterocycles. The molecule has 2 aromatic rings. The molecular formula is C10H11N5O4S2. The molecule has 0 atom stereocenters. The molecule has 112 valence electrons. The highest BCUT2D eigenvalue weighted by molar-refractivity contribution is 7.94. The second-order valence-corrected chi connectivity index (χ2v) is 6.76. The van der Waals surface area contributed by atoms with Crippen molar-refractivity contribution in [2.24, 2.45) is 0 Å². The number of nitrogens with zero attached hydrogens (tertiary/aromatic N) is 3. The zero-order chi connectivity index (χ0) is 15.5. The molecular weight excluding hydrogens is 318 g/mol. The Labute approximate surface area is 124 Å². The lowest BCUT2D eigenvalue weighted by Crippen LogP contribution is -2.11. The van der Waals surface area contributed by atoms with Crippen molar-refractivity contribution in [3.05, 3.63) is 34.9 Å². The van der Waals surface area contributed by atoms with Crippen LogP contribution in [0.4, 0.5) is 16.4 Å². The first-order chi connectivity index (χ1) is 9.94. The molecule has 2 rings (SSSR count). The molecule has 0 radical (unpaired) electrons. The van der Waals surface area contributed by atoms with E-state index in [1.165, 1.54) is 18.7 Å². The van der Waals surface area contributed by atoms with Crippen LogP contribution in [-0.2, 0) is 10.0 Å². The van der Waals surface area contributed by atoms with Gasteiger partial charge in [-0.3, -0.25) is 14.8 Å². The van der Waals surface area contributed by atoms with E-state index in [1.54, 1.807) is 6.92 Å². The number of anilines is 2. The van der Waals surface area contributed by atoms with Crippen molar-refractivity contribution in [3.63, 3.8) is 0 Å². The zero-order valence-electron chi connectivity index (χ0n) is 10.8. The van der Waals surface area contributed by atoms with Gasteiger partial charge in [0.2, 0.25) is 0 Å². The maximum absolute atomic E-state index is 12.2. The first-order valence-corrected chi connectivity index (χ1v) is 8.04. The van der Waals surface area contributed by atoms with Crippen molar-refractivity contribution in [2.75, 3.05) is 16.6 Å². The molecule has 21 heavy (non-hydrogen) atoms. The molecule has 11 heteroatoms. The van der Waals surface area contributed by atoms with Gasteiger partial charge in [-0.25, -0.2) is 18.4 Å². The van der Waals surface area contributed by atoms with E-state index in [0.29, 0.717) is 6.54 Å². The van der Waals surface area contributed by atoms with E-state index in [0.717, 1.165) is 17.4 Å². The number of hydrogen-bond acceptors (Lipinski definition) is 8. The smallest absolute Gasteiger partial charge is 0.304 e. The second-order valence-electron chi connectivity index (χ2n) is 3.80. The van der Waals surface area contributed by atoms with Gasteiger partial charge in [0.25, 0.3) is 10.0 Å². The lowest BCUT2D eigenvalue weighted by molar-refractivity contribution is -0.383. The van der Waals surface area contributed by atoms with Gasteiger partial charge in [-0.2, -0.15) is 0 Å². The molecule has 9 nitrogen and oxygen atoms in total. The first kappa shape index (κ1) is 15.1. The molecule has 0 aliphatic carbocycles. The van der Waals surface area contributed by atoms with Gasteiger partial charge in [0.15, 0.2) is 5.00 Å². The maximum atomic E-state index is 12.2. The van der Waals surface area contributed by atoms with Crippen molar-refractivity contribution in [3.8, 4) is 0 Å². The van der Waals surface area contributed by atoms with Crippen LogP contribution in [0, 0.1) is 10.1 Å². The molecule has 0 saturated carbocycles. The monoisotopic (exact) mass is 329 g/mol. The third-order valence-electron chi connectivity index (χ3n) is 2.30. The average molecular weight is 329 g/mol. The molecule has 0 unspecified atom stereocenters. The van der Waals surface area contributed by atoms with E-state index < -0.39 is 14.9 Å². The predicted molar refractivity (Wildman–Crippen MR) is 78.0 cm³/mol. The fraction of sp³-hybridized carbons (Fsp3) is 0.200. The van der Waals surface area contributed by atoms with Gasteiger partial charge >= 0.3 is 5.69 Å². The summed E-state index contributed by atoms with van der Waals surface area (Å²) in [5.74, 6) is 0. The number of sulfonamides is 1. The van der Waals surface area contributed by atoms with Crippen LogP contribution in [0.5, 0.6) is 0 Å². The summed E-state index contributed by atoms with van der Waals surface area (Å²) in [6.45, 7) is 2.21. The van der Waals surface area contributed by atoms with Crippen LogP contribution in [0.1, 0.15) is 6.92 Å². The number of nitrogens with one attached hydrogen (secondary N) is 2. The molecule has 0 bridgehead atoms. The van der Waals surface area contributed by atoms with Crippen LogP contribution < -0.4 is 10.0 Å². The topological polar surface area (TPSA) is 127 Å². The Bertz CT molecular complexity index is 744. The van der Waals surface area contributed by atoms with E-state index in [4.69, 9.17) is 0 Å².